The predicted octanol–water partition coefficient (Wildman–Crippen LogP) is 5.09. The second-order valence-corrected chi connectivity index (χ2v) is 7.80. The lowest BCUT2D eigenvalue weighted by atomic mass is 9.85. The number of ether oxygens (including phenoxy) is 2. The van der Waals surface area contributed by atoms with E-state index in [1.54, 1.807) is 7.05 Å². The van der Waals surface area contributed by atoms with Crippen LogP contribution in [0.1, 0.15) is 65.2 Å². The van der Waals surface area contributed by atoms with Crippen molar-refractivity contribution in [3.05, 3.63) is 23.8 Å². The Morgan fingerprint density at radius 3 is 2.58 bits per heavy atom. The fourth-order valence-electron chi connectivity index (χ4n) is 4.20. The van der Waals surface area contributed by atoms with Gasteiger partial charge in [-0.1, -0.05) is 26.5 Å². The monoisotopic (exact) mass is 361 g/mol. The molecule has 0 N–H and O–H groups in total. The van der Waals surface area contributed by atoms with E-state index in [2.05, 4.69) is 24.6 Å². The summed E-state index contributed by atoms with van der Waals surface area (Å²) in [5.74, 6) is 1.64. The molecule has 0 saturated heterocycles. The molecular weight excluding hydrogens is 326 g/mol. The van der Waals surface area contributed by atoms with Crippen LogP contribution in [0.4, 0.5) is 0 Å². The minimum absolute atomic E-state index is 0.0536. The molecule has 2 rings (SSSR count). The van der Waals surface area contributed by atoms with Crippen molar-refractivity contribution in [3.63, 3.8) is 0 Å². The van der Waals surface area contributed by atoms with Crippen molar-refractivity contribution in [2.24, 2.45) is 22.7 Å². The highest BCUT2D eigenvalue weighted by atomic mass is 16.5. The van der Waals surface area contributed by atoms with Crippen LogP contribution < -0.4 is 0 Å². The fraction of sp³-hybridized carbons (Fsp3) is 0.727. The average molecular weight is 362 g/mol. The summed E-state index contributed by atoms with van der Waals surface area (Å²) in [7, 11) is 3.25. The van der Waals surface area contributed by atoms with Crippen molar-refractivity contribution in [2.75, 3.05) is 14.2 Å². The number of carbonyl (C=O) groups excluding carboxylic acids is 1. The molecule has 0 bridgehead atoms. The fourth-order valence-corrected chi connectivity index (χ4v) is 4.20. The lowest BCUT2D eigenvalue weighted by molar-refractivity contribution is -0.146. The Morgan fingerprint density at radius 2 is 2.00 bits per heavy atom. The zero-order valence-electron chi connectivity index (χ0n) is 16.9. The van der Waals surface area contributed by atoms with E-state index >= 15 is 0 Å². The number of methoxy groups -OCH3 is 1. The van der Waals surface area contributed by atoms with Gasteiger partial charge in [-0.15, -0.1) is 0 Å². The van der Waals surface area contributed by atoms with Crippen molar-refractivity contribution in [1.82, 2.24) is 0 Å². The number of carbonyl (C=O) groups is 1. The third-order valence-corrected chi connectivity index (χ3v) is 5.97. The molecule has 146 valence electrons. The number of rotatable bonds is 7. The van der Waals surface area contributed by atoms with E-state index in [1.807, 2.05) is 6.92 Å². The quantitative estimate of drug-likeness (QED) is 0.360. The number of allylic oxidation sites excluding steroid dienone is 1. The first-order valence-electron chi connectivity index (χ1n) is 10.1. The lowest BCUT2D eigenvalue weighted by Gasteiger charge is -2.28. The predicted molar refractivity (Wildman–Crippen MR) is 106 cm³/mol. The topological polar surface area (TPSA) is 47.9 Å². The maximum atomic E-state index is 12.0. The molecule has 0 spiro atoms. The van der Waals surface area contributed by atoms with Crippen LogP contribution >= 0.6 is 0 Å². The molecule has 0 aromatic rings. The first-order valence-corrected chi connectivity index (χ1v) is 10.1. The van der Waals surface area contributed by atoms with E-state index in [-0.39, 0.29) is 18.0 Å². The van der Waals surface area contributed by atoms with Gasteiger partial charge < -0.3 is 9.47 Å². The Hall–Kier alpha value is -1.58. The average Bonchev–Trinajstić information content (AvgIpc) is 3.12. The molecule has 2 aliphatic rings. The number of hydrogen-bond acceptors (Lipinski definition) is 4. The van der Waals surface area contributed by atoms with Crippen LogP contribution in [0.5, 0.6) is 0 Å². The lowest BCUT2D eigenvalue weighted by Crippen LogP contribution is -2.26. The van der Waals surface area contributed by atoms with Gasteiger partial charge in [-0.05, 0) is 68.8 Å². The van der Waals surface area contributed by atoms with Gasteiger partial charge in [0.2, 0.25) is 5.90 Å². The Bertz CT molecular complexity index is 556. The molecule has 2 atom stereocenters. The van der Waals surface area contributed by atoms with Gasteiger partial charge in [-0.3, -0.25) is 9.79 Å². The normalized spacial score (nSPS) is 27.6. The number of esters is 1. The molecular formula is C22H35NO3. The van der Waals surface area contributed by atoms with E-state index in [1.165, 1.54) is 25.5 Å². The summed E-state index contributed by atoms with van der Waals surface area (Å²) in [6.45, 7) is 8.65. The first-order chi connectivity index (χ1) is 12.5. The molecule has 4 nitrogen and oxygen atoms in total. The van der Waals surface area contributed by atoms with Crippen LogP contribution in [0.3, 0.4) is 0 Å². The van der Waals surface area contributed by atoms with Gasteiger partial charge >= 0.3 is 5.97 Å². The summed E-state index contributed by atoms with van der Waals surface area (Å²) in [5.41, 5.74) is 2.10. The highest BCUT2D eigenvalue weighted by Crippen LogP contribution is 2.37. The third kappa shape index (κ3) is 5.21. The van der Waals surface area contributed by atoms with Gasteiger partial charge in [0.15, 0.2) is 0 Å². The largest absolute Gasteiger partial charge is 0.474 e. The Balaban J connectivity index is 2.00. The molecule has 0 radical (unpaired) electrons. The number of nitrogens with zero attached hydrogens (tertiary/aromatic N) is 1. The zero-order valence-corrected chi connectivity index (χ0v) is 16.9. The Morgan fingerprint density at radius 1 is 1.31 bits per heavy atom. The van der Waals surface area contributed by atoms with Gasteiger partial charge in [0.1, 0.15) is 6.10 Å². The molecule has 0 aromatic carbocycles. The Kier molecular flexibility index (Phi) is 7.92. The molecule has 1 fully saturated rings. The van der Waals surface area contributed by atoms with E-state index in [4.69, 9.17) is 9.47 Å². The maximum Gasteiger partial charge on any atom is 0.308 e. The number of aliphatic imine (C=N–C) groups is 1. The van der Waals surface area contributed by atoms with Gasteiger partial charge in [0.05, 0.1) is 13.0 Å². The van der Waals surface area contributed by atoms with Crippen molar-refractivity contribution in [2.45, 2.75) is 71.3 Å². The summed E-state index contributed by atoms with van der Waals surface area (Å²) in [4.78, 5) is 16.4. The van der Waals surface area contributed by atoms with Crippen LogP contribution in [-0.2, 0) is 14.3 Å². The van der Waals surface area contributed by atoms with Gasteiger partial charge in [-0.25, -0.2) is 0 Å². The first kappa shape index (κ1) is 20.7. The van der Waals surface area contributed by atoms with E-state index in [0.717, 1.165) is 50.0 Å². The molecule has 2 unspecified atom stereocenters. The summed E-state index contributed by atoms with van der Waals surface area (Å²) in [6, 6.07) is 0. The molecule has 0 aromatic heterocycles. The summed E-state index contributed by atoms with van der Waals surface area (Å²) in [6.07, 6.45) is 10.8. The summed E-state index contributed by atoms with van der Waals surface area (Å²) < 4.78 is 11.2. The second-order valence-electron chi connectivity index (χ2n) is 7.80. The zero-order chi connectivity index (χ0) is 19.1. The molecule has 4 heteroatoms. The van der Waals surface area contributed by atoms with Gasteiger partial charge in [0, 0.05) is 12.6 Å². The van der Waals surface area contributed by atoms with Crippen LogP contribution in [0.2, 0.25) is 0 Å². The third-order valence-electron chi connectivity index (χ3n) is 5.97. The molecule has 0 aliphatic heterocycles. The van der Waals surface area contributed by atoms with Crippen LogP contribution in [-0.4, -0.2) is 32.1 Å². The molecule has 26 heavy (non-hydrogen) atoms. The van der Waals surface area contributed by atoms with Crippen LogP contribution in [0.25, 0.3) is 0 Å². The van der Waals surface area contributed by atoms with E-state index in [9.17, 15) is 4.79 Å². The van der Waals surface area contributed by atoms with Crippen molar-refractivity contribution < 1.29 is 14.3 Å². The van der Waals surface area contributed by atoms with Gasteiger partial charge in [-0.2, -0.15) is 0 Å². The Labute approximate surface area is 158 Å². The van der Waals surface area contributed by atoms with Crippen molar-refractivity contribution >= 4 is 11.9 Å². The molecule has 0 amide bonds. The molecule has 0 heterocycles. The van der Waals surface area contributed by atoms with Crippen molar-refractivity contribution in [1.29, 1.82) is 0 Å². The minimum atomic E-state index is -0.110. The highest BCUT2D eigenvalue weighted by Gasteiger charge is 2.30. The smallest absolute Gasteiger partial charge is 0.308 e. The van der Waals surface area contributed by atoms with Crippen LogP contribution in [0.15, 0.2) is 28.8 Å². The highest BCUT2D eigenvalue weighted by molar-refractivity contribution is 5.97. The SMILES string of the molecule is C=C(C1=CCCC1CC(CC)C(=O)OC)C(=NC)OC1CCC(C)CC1. The van der Waals surface area contributed by atoms with E-state index < -0.39 is 0 Å². The standard InChI is InChI=1S/C22H35NO3/c1-6-17(22(24)25-5)14-18-8-7-9-20(18)16(3)21(23-4)26-19-12-10-15(2)11-13-19/h9,15,17-19H,3,6-8,10-14H2,1-2,4-5H3. The van der Waals surface area contributed by atoms with Crippen LogP contribution in [0, 0.1) is 17.8 Å². The number of hydrogen-bond donors (Lipinski definition) is 0. The summed E-state index contributed by atoms with van der Waals surface area (Å²) in [5, 5.41) is 0. The van der Waals surface area contributed by atoms with E-state index in [0.29, 0.717) is 11.8 Å². The second kappa shape index (κ2) is 9.94. The minimum Gasteiger partial charge on any atom is -0.474 e. The maximum absolute atomic E-state index is 12.0. The molecule has 1 saturated carbocycles. The van der Waals surface area contributed by atoms with Crippen molar-refractivity contribution in [3.8, 4) is 0 Å². The summed E-state index contributed by atoms with van der Waals surface area (Å²) >= 11 is 0. The molecule has 2 aliphatic carbocycles. The van der Waals surface area contributed by atoms with Gasteiger partial charge in [0.25, 0.3) is 0 Å².